The third-order valence-corrected chi connectivity index (χ3v) is 4.49. The van der Waals surface area contributed by atoms with Crippen LogP contribution in [0.4, 0.5) is 0 Å². The summed E-state index contributed by atoms with van der Waals surface area (Å²) in [6.07, 6.45) is 3.95. The highest BCUT2D eigenvalue weighted by molar-refractivity contribution is 5.78. The lowest BCUT2D eigenvalue weighted by molar-refractivity contribution is -0.126. The molecule has 0 radical (unpaired) electrons. The molecule has 128 valence electrons. The Morgan fingerprint density at radius 1 is 1.26 bits per heavy atom. The number of nitrogens with one attached hydrogen (secondary N) is 1. The fourth-order valence-corrected chi connectivity index (χ4v) is 3.03. The lowest BCUT2D eigenvalue weighted by Crippen LogP contribution is -2.41. The summed E-state index contributed by atoms with van der Waals surface area (Å²) in [7, 11) is 0. The van der Waals surface area contributed by atoms with Crippen molar-refractivity contribution in [2.24, 2.45) is 5.92 Å². The van der Waals surface area contributed by atoms with Gasteiger partial charge in [0, 0.05) is 32.2 Å². The standard InChI is InChI=1S/C19H30N2O2/c1-2-23-16-6-12-20-19(22)18-10-14-21(15-11-18)13-9-17-7-4-3-5-8-17/h3-5,7-8,18H,2,6,9-16H2,1H3,(H,20,22). The van der Waals surface area contributed by atoms with Crippen molar-refractivity contribution in [3.63, 3.8) is 0 Å². The van der Waals surface area contributed by atoms with Gasteiger partial charge in [-0.3, -0.25) is 4.79 Å². The Labute approximate surface area is 140 Å². The fourth-order valence-electron chi connectivity index (χ4n) is 3.03. The van der Waals surface area contributed by atoms with Crippen LogP contribution in [-0.4, -0.2) is 50.2 Å². The van der Waals surface area contributed by atoms with Crippen LogP contribution in [0.3, 0.4) is 0 Å². The molecule has 0 aliphatic carbocycles. The Bertz CT molecular complexity index is 442. The first-order valence-electron chi connectivity index (χ1n) is 8.91. The summed E-state index contributed by atoms with van der Waals surface area (Å²) in [5.74, 6) is 0.416. The fraction of sp³-hybridized carbons (Fsp3) is 0.632. The first-order valence-corrected chi connectivity index (χ1v) is 8.91. The molecule has 0 unspecified atom stereocenters. The van der Waals surface area contributed by atoms with Crippen LogP contribution < -0.4 is 5.32 Å². The number of likely N-dealkylation sites (tertiary alicyclic amines) is 1. The van der Waals surface area contributed by atoms with E-state index in [1.807, 2.05) is 6.92 Å². The van der Waals surface area contributed by atoms with Gasteiger partial charge in [-0.05, 0) is 51.3 Å². The molecule has 2 rings (SSSR count). The van der Waals surface area contributed by atoms with E-state index >= 15 is 0 Å². The molecule has 1 aromatic carbocycles. The molecule has 0 aromatic heterocycles. The molecular formula is C19H30N2O2. The molecule has 4 nitrogen and oxygen atoms in total. The third kappa shape index (κ3) is 6.71. The zero-order chi connectivity index (χ0) is 16.3. The average Bonchev–Trinajstić information content (AvgIpc) is 2.61. The van der Waals surface area contributed by atoms with E-state index in [1.54, 1.807) is 0 Å². The molecule has 1 saturated heterocycles. The van der Waals surface area contributed by atoms with Crippen LogP contribution in [0, 0.1) is 5.92 Å². The molecule has 0 atom stereocenters. The van der Waals surface area contributed by atoms with E-state index < -0.39 is 0 Å². The monoisotopic (exact) mass is 318 g/mol. The maximum absolute atomic E-state index is 12.1. The number of ether oxygens (including phenoxy) is 1. The number of carbonyl (C=O) groups is 1. The summed E-state index contributed by atoms with van der Waals surface area (Å²) in [6.45, 7) is 7.35. The van der Waals surface area contributed by atoms with Gasteiger partial charge in [-0.25, -0.2) is 0 Å². The lowest BCUT2D eigenvalue weighted by Gasteiger charge is -2.31. The van der Waals surface area contributed by atoms with Crippen molar-refractivity contribution in [3.8, 4) is 0 Å². The summed E-state index contributed by atoms with van der Waals surface area (Å²) >= 11 is 0. The second-order valence-electron chi connectivity index (χ2n) is 6.19. The Morgan fingerprint density at radius 2 is 2.00 bits per heavy atom. The number of nitrogens with zero attached hydrogens (tertiary/aromatic N) is 1. The Morgan fingerprint density at radius 3 is 2.70 bits per heavy atom. The van der Waals surface area contributed by atoms with E-state index in [2.05, 4.69) is 40.5 Å². The molecule has 4 heteroatoms. The zero-order valence-electron chi connectivity index (χ0n) is 14.3. The van der Waals surface area contributed by atoms with Gasteiger partial charge in [-0.2, -0.15) is 0 Å². The predicted octanol–water partition coefficient (Wildman–Crippen LogP) is 2.48. The van der Waals surface area contributed by atoms with Gasteiger partial charge in [-0.1, -0.05) is 30.3 Å². The normalized spacial score (nSPS) is 16.4. The summed E-state index contributed by atoms with van der Waals surface area (Å²) in [4.78, 5) is 14.6. The van der Waals surface area contributed by atoms with Crippen LogP contribution in [0.15, 0.2) is 30.3 Å². The smallest absolute Gasteiger partial charge is 0.223 e. The minimum Gasteiger partial charge on any atom is -0.382 e. The molecule has 1 amide bonds. The van der Waals surface area contributed by atoms with E-state index in [9.17, 15) is 4.79 Å². The molecule has 23 heavy (non-hydrogen) atoms. The second kappa shape index (κ2) is 10.4. The number of benzene rings is 1. The molecule has 1 aliphatic rings. The van der Waals surface area contributed by atoms with Crippen molar-refractivity contribution >= 4 is 5.91 Å². The van der Waals surface area contributed by atoms with Crippen molar-refractivity contribution in [1.29, 1.82) is 0 Å². The van der Waals surface area contributed by atoms with Gasteiger partial charge in [0.2, 0.25) is 5.91 Å². The summed E-state index contributed by atoms with van der Waals surface area (Å²) in [5, 5.41) is 3.05. The van der Waals surface area contributed by atoms with Crippen LogP contribution in [0.25, 0.3) is 0 Å². The molecule has 0 spiro atoms. The Hall–Kier alpha value is -1.39. The SMILES string of the molecule is CCOCCCNC(=O)C1CCN(CCc2ccccc2)CC1. The number of amides is 1. The topological polar surface area (TPSA) is 41.6 Å². The Balaban J connectivity index is 1.58. The predicted molar refractivity (Wildman–Crippen MR) is 93.4 cm³/mol. The van der Waals surface area contributed by atoms with Crippen molar-refractivity contribution < 1.29 is 9.53 Å². The van der Waals surface area contributed by atoms with Crippen LogP contribution in [0.1, 0.15) is 31.7 Å². The van der Waals surface area contributed by atoms with Crippen LogP contribution in [-0.2, 0) is 16.0 Å². The first-order chi connectivity index (χ1) is 11.3. The molecular weight excluding hydrogens is 288 g/mol. The van der Waals surface area contributed by atoms with Gasteiger partial charge in [0.25, 0.3) is 0 Å². The summed E-state index contributed by atoms with van der Waals surface area (Å²) < 4.78 is 5.28. The van der Waals surface area contributed by atoms with Crippen molar-refractivity contribution in [2.45, 2.75) is 32.6 Å². The maximum atomic E-state index is 12.1. The van der Waals surface area contributed by atoms with E-state index in [0.717, 1.165) is 65.1 Å². The molecule has 1 aliphatic heterocycles. The number of carbonyl (C=O) groups excluding carboxylic acids is 1. The van der Waals surface area contributed by atoms with Gasteiger partial charge < -0.3 is 15.0 Å². The van der Waals surface area contributed by atoms with Crippen LogP contribution in [0.5, 0.6) is 0 Å². The van der Waals surface area contributed by atoms with Crippen molar-refractivity contribution in [3.05, 3.63) is 35.9 Å². The summed E-state index contributed by atoms with van der Waals surface area (Å²) in [5.41, 5.74) is 1.39. The van der Waals surface area contributed by atoms with E-state index in [4.69, 9.17) is 4.74 Å². The number of hydrogen-bond acceptors (Lipinski definition) is 3. The van der Waals surface area contributed by atoms with E-state index in [-0.39, 0.29) is 11.8 Å². The largest absolute Gasteiger partial charge is 0.382 e. The molecule has 1 fully saturated rings. The second-order valence-corrected chi connectivity index (χ2v) is 6.19. The Kier molecular flexibility index (Phi) is 8.12. The first kappa shape index (κ1) is 18.0. The van der Waals surface area contributed by atoms with Crippen LogP contribution >= 0.6 is 0 Å². The highest BCUT2D eigenvalue weighted by Gasteiger charge is 2.24. The van der Waals surface area contributed by atoms with Gasteiger partial charge >= 0.3 is 0 Å². The molecule has 1 heterocycles. The van der Waals surface area contributed by atoms with Gasteiger partial charge in [0.05, 0.1) is 0 Å². The number of rotatable bonds is 9. The number of hydrogen-bond donors (Lipinski definition) is 1. The minimum absolute atomic E-state index is 0.190. The average molecular weight is 318 g/mol. The molecule has 0 bridgehead atoms. The van der Waals surface area contributed by atoms with Crippen LogP contribution in [0.2, 0.25) is 0 Å². The lowest BCUT2D eigenvalue weighted by atomic mass is 9.95. The van der Waals surface area contributed by atoms with E-state index in [0.29, 0.717) is 0 Å². The maximum Gasteiger partial charge on any atom is 0.223 e. The van der Waals surface area contributed by atoms with Gasteiger partial charge in [0.1, 0.15) is 0 Å². The van der Waals surface area contributed by atoms with Gasteiger partial charge in [-0.15, -0.1) is 0 Å². The summed E-state index contributed by atoms with van der Waals surface area (Å²) in [6, 6.07) is 10.6. The number of piperidine rings is 1. The molecule has 1 N–H and O–H groups in total. The van der Waals surface area contributed by atoms with Crippen molar-refractivity contribution in [2.75, 3.05) is 39.4 Å². The third-order valence-electron chi connectivity index (χ3n) is 4.49. The highest BCUT2D eigenvalue weighted by Crippen LogP contribution is 2.17. The quantitative estimate of drug-likeness (QED) is 0.711. The molecule has 1 aromatic rings. The molecule has 0 saturated carbocycles. The minimum atomic E-state index is 0.190. The highest BCUT2D eigenvalue weighted by atomic mass is 16.5. The van der Waals surface area contributed by atoms with Gasteiger partial charge in [0.15, 0.2) is 0 Å². The zero-order valence-corrected chi connectivity index (χ0v) is 14.3. The van der Waals surface area contributed by atoms with E-state index in [1.165, 1.54) is 5.56 Å². The van der Waals surface area contributed by atoms with Crippen molar-refractivity contribution in [1.82, 2.24) is 10.2 Å².